The van der Waals surface area contributed by atoms with Crippen LogP contribution in [0.1, 0.15) is 29.2 Å². The van der Waals surface area contributed by atoms with E-state index in [0.29, 0.717) is 55.0 Å². The highest BCUT2D eigenvalue weighted by atomic mass is 35.5. The van der Waals surface area contributed by atoms with Crippen LogP contribution in [0.5, 0.6) is 11.5 Å². The van der Waals surface area contributed by atoms with Crippen LogP contribution >= 0.6 is 35.0 Å². The summed E-state index contributed by atoms with van der Waals surface area (Å²) in [7, 11) is 0. The van der Waals surface area contributed by atoms with Crippen LogP contribution in [0.3, 0.4) is 0 Å². The predicted molar refractivity (Wildman–Crippen MR) is 145 cm³/mol. The highest BCUT2D eigenvalue weighted by Gasteiger charge is 2.24. The minimum atomic E-state index is -0.263. The van der Waals surface area contributed by atoms with E-state index >= 15 is 0 Å². The van der Waals surface area contributed by atoms with Gasteiger partial charge in [0, 0.05) is 10.6 Å². The topological polar surface area (TPSA) is 83.7 Å². The molecule has 1 saturated heterocycles. The van der Waals surface area contributed by atoms with Crippen LogP contribution in [0.4, 0.5) is 5.69 Å². The number of rotatable bonds is 7. The third kappa shape index (κ3) is 5.85. The molecule has 4 rings (SSSR count). The van der Waals surface area contributed by atoms with Gasteiger partial charge in [0.05, 0.1) is 33.9 Å². The lowest BCUT2D eigenvalue weighted by Crippen LogP contribution is -2.19. The van der Waals surface area contributed by atoms with Crippen molar-refractivity contribution < 1.29 is 14.3 Å². The van der Waals surface area contributed by atoms with E-state index in [1.165, 1.54) is 11.8 Å². The number of nitrogens with zero attached hydrogens (tertiary/aromatic N) is 2. The molecule has 182 valence electrons. The van der Waals surface area contributed by atoms with Crippen LogP contribution in [-0.2, 0) is 11.4 Å². The first-order chi connectivity index (χ1) is 17.4. The van der Waals surface area contributed by atoms with E-state index in [4.69, 9.17) is 32.7 Å². The van der Waals surface area contributed by atoms with Crippen LogP contribution in [0.15, 0.2) is 64.5 Å². The van der Waals surface area contributed by atoms with E-state index in [1.807, 2.05) is 38.1 Å². The maximum absolute atomic E-state index is 12.6. The van der Waals surface area contributed by atoms with E-state index in [1.54, 1.807) is 36.4 Å². The monoisotopic (exact) mass is 537 g/mol. The first kappa shape index (κ1) is 25.6. The number of nitrogens with one attached hydrogen (secondary N) is 1. The Bertz CT molecular complexity index is 1430. The van der Waals surface area contributed by atoms with Crippen molar-refractivity contribution in [2.24, 2.45) is 4.99 Å². The zero-order chi connectivity index (χ0) is 25.7. The van der Waals surface area contributed by atoms with Crippen molar-refractivity contribution >= 4 is 57.8 Å². The van der Waals surface area contributed by atoms with Crippen LogP contribution in [-0.4, -0.2) is 17.7 Å². The van der Waals surface area contributed by atoms with Crippen LogP contribution in [0, 0.1) is 18.3 Å². The standard InChI is InChI=1S/C27H21Cl2N3O3S/c1-3-34-23-12-17(11-21(29)25(23)35-15-19-8-5-4-7-18(19)14-30)13-24-26(33)32-27(36-24)31-22-10-6-9-20(28)16(22)2/h4-13H,3,15H2,1-2H3,(H,31,32,33)/b24-13+. The highest BCUT2D eigenvalue weighted by molar-refractivity contribution is 8.18. The van der Waals surface area contributed by atoms with Gasteiger partial charge in [-0.1, -0.05) is 47.5 Å². The molecule has 6 nitrogen and oxygen atoms in total. The first-order valence-electron chi connectivity index (χ1n) is 11.0. The van der Waals surface area contributed by atoms with Crippen LogP contribution in [0.2, 0.25) is 10.0 Å². The van der Waals surface area contributed by atoms with E-state index in [9.17, 15) is 10.1 Å². The van der Waals surface area contributed by atoms with Gasteiger partial charge in [-0.2, -0.15) is 5.26 Å². The van der Waals surface area contributed by atoms with E-state index in [2.05, 4.69) is 16.4 Å². The van der Waals surface area contributed by atoms with Crippen molar-refractivity contribution in [2.75, 3.05) is 6.61 Å². The molecule has 1 aliphatic heterocycles. The number of amides is 1. The molecule has 3 aromatic carbocycles. The summed E-state index contributed by atoms with van der Waals surface area (Å²) in [6.07, 6.45) is 1.72. The fraction of sp³-hybridized carbons (Fsp3) is 0.148. The average molecular weight is 538 g/mol. The van der Waals surface area contributed by atoms with E-state index in [0.717, 1.165) is 11.1 Å². The molecule has 1 fully saturated rings. The van der Waals surface area contributed by atoms with Crippen molar-refractivity contribution in [2.45, 2.75) is 20.5 Å². The number of hydrogen-bond acceptors (Lipinski definition) is 6. The number of amidine groups is 1. The molecular weight excluding hydrogens is 517 g/mol. The van der Waals surface area contributed by atoms with Gasteiger partial charge in [-0.15, -0.1) is 0 Å². The number of thioether (sulfide) groups is 1. The van der Waals surface area contributed by atoms with Gasteiger partial charge < -0.3 is 14.8 Å². The molecule has 0 saturated carbocycles. The number of carbonyl (C=O) groups is 1. The van der Waals surface area contributed by atoms with Crippen molar-refractivity contribution in [3.63, 3.8) is 0 Å². The Labute approximate surface area is 223 Å². The van der Waals surface area contributed by atoms with Crippen LogP contribution < -0.4 is 14.8 Å². The minimum Gasteiger partial charge on any atom is -0.490 e. The third-order valence-corrected chi connectivity index (χ3v) is 6.85. The van der Waals surface area contributed by atoms with Gasteiger partial charge in [-0.05, 0) is 73.1 Å². The summed E-state index contributed by atoms with van der Waals surface area (Å²) in [5, 5.41) is 13.5. The number of carbonyl (C=O) groups excluding carboxylic acids is 1. The Kier molecular flexibility index (Phi) is 8.21. The number of ether oxygens (including phenoxy) is 2. The summed E-state index contributed by atoms with van der Waals surface area (Å²) in [6, 6.07) is 18.3. The predicted octanol–water partition coefficient (Wildman–Crippen LogP) is 7.04. The zero-order valence-corrected chi connectivity index (χ0v) is 21.8. The van der Waals surface area contributed by atoms with E-state index in [-0.39, 0.29) is 12.5 Å². The van der Waals surface area contributed by atoms with E-state index < -0.39 is 0 Å². The summed E-state index contributed by atoms with van der Waals surface area (Å²) in [5.41, 5.74) is 3.46. The number of benzene rings is 3. The van der Waals surface area contributed by atoms with Crippen molar-refractivity contribution in [3.8, 4) is 17.6 Å². The van der Waals surface area contributed by atoms with Crippen molar-refractivity contribution in [1.29, 1.82) is 5.26 Å². The first-order valence-corrected chi connectivity index (χ1v) is 12.6. The molecule has 0 aliphatic carbocycles. The molecule has 0 spiro atoms. The molecule has 0 atom stereocenters. The molecule has 0 radical (unpaired) electrons. The summed E-state index contributed by atoms with van der Waals surface area (Å²) in [5.74, 6) is 0.551. The quantitative estimate of drug-likeness (QED) is 0.326. The molecule has 0 unspecified atom stereocenters. The second-order valence-corrected chi connectivity index (χ2v) is 9.53. The normalized spacial score (nSPS) is 15.1. The lowest BCUT2D eigenvalue weighted by Gasteiger charge is -2.15. The molecule has 9 heteroatoms. The molecule has 36 heavy (non-hydrogen) atoms. The second kappa shape index (κ2) is 11.5. The fourth-order valence-corrected chi connectivity index (χ4v) is 4.72. The highest BCUT2D eigenvalue weighted by Crippen LogP contribution is 2.39. The Balaban J connectivity index is 1.58. The van der Waals surface area contributed by atoms with Gasteiger partial charge >= 0.3 is 0 Å². The molecule has 1 N–H and O–H groups in total. The molecule has 1 amide bonds. The number of halogens is 2. The van der Waals surface area contributed by atoms with Gasteiger partial charge in [0.15, 0.2) is 16.7 Å². The van der Waals surface area contributed by atoms with Gasteiger partial charge in [0.1, 0.15) is 6.61 Å². The Morgan fingerprint density at radius 2 is 1.92 bits per heavy atom. The molecule has 0 bridgehead atoms. The lowest BCUT2D eigenvalue weighted by atomic mass is 10.1. The Morgan fingerprint density at radius 1 is 1.11 bits per heavy atom. The van der Waals surface area contributed by atoms with Gasteiger partial charge in [-0.3, -0.25) is 4.79 Å². The summed E-state index contributed by atoms with van der Waals surface area (Å²) in [6.45, 7) is 4.28. The molecule has 3 aromatic rings. The maximum atomic E-state index is 12.6. The second-order valence-electron chi connectivity index (χ2n) is 7.69. The molecule has 0 aromatic heterocycles. The van der Waals surface area contributed by atoms with Gasteiger partial charge in [-0.25, -0.2) is 4.99 Å². The molecule has 1 aliphatic rings. The summed E-state index contributed by atoms with van der Waals surface area (Å²) < 4.78 is 11.7. The fourth-order valence-electron chi connectivity index (χ4n) is 3.44. The van der Waals surface area contributed by atoms with Gasteiger partial charge in [0.25, 0.3) is 5.91 Å². The SMILES string of the molecule is CCOc1cc(/C=C2/SC(=Nc3cccc(Cl)c3C)NC2=O)cc(Cl)c1OCc1ccccc1C#N. The minimum absolute atomic E-state index is 0.158. The van der Waals surface area contributed by atoms with Crippen molar-refractivity contribution in [1.82, 2.24) is 5.32 Å². The molecular formula is C27H21Cl2N3O3S. The number of hydrogen-bond donors (Lipinski definition) is 1. The average Bonchev–Trinajstić information content (AvgIpc) is 3.20. The maximum Gasteiger partial charge on any atom is 0.264 e. The lowest BCUT2D eigenvalue weighted by molar-refractivity contribution is -0.115. The largest absolute Gasteiger partial charge is 0.490 e. The van der Waals surface area contributed by atoms with Crippen LogP contribution in [0.25, 0.3) is 6.08 Å². The zero-order valence-electron chi connectivity index (χ0n) is 19.5. The summed E-state index contributed by atoms with van der Waals surface area (Å²) in [4.78, 5) is 17.6. The molecule has 1 heterocycles. The van der Waals surface area contributed by atoms with Crippen molar-refractivity contribution in [3.05, 3.63) is 91.8 Å². The third-order valence-electron chi connectivity index (χ3n) is 5.25. The van der Waals surface area contributed by atoms with Gasteiger partial charge in [0.2, 0.25) is 0 Å². The number of nitriles is 1. The smallest absolute Gasteiger partial charge is 0.264 e. The Hall–Kier alpha value is -3.44. The number of aliphatic imine (C=N–C) groups is 1. The Morgan fingerprint density at radius 3 is 2.69 bits per heavy atom. The summed E-state index contributed by atoms with van der Waals surface area (Å²) >= 11 is 14.0.